The average molecular weight is 318 g/mol. The van der Waals surface area contributed by atoms with Crippen LogP contribution in [-0.4, -0.2) is 16.0 Å². The smallest absolute Gasteiger partial charge is 0.263 e. The zero-order chi connectivity index (χ0) is 16.4. The predicted molar refractivity (Wildman–Crippen MR) is 83.9 cm³/mol. The third-order valence-corrected chi connectivity index (χ3v) is 4.03. The molecule has 1 aromatic rings. The fourth-order valence-electron chi connectivity index (χ4n) is 2.78. The van der Waals surface area contributed by atoms with E-state index in [0.717, 1.165) is 42.3 Å². The van der Waals surface area contributed by atoms with Gasteiger partial charge in [-0.2, -0.15) is 18.3 Å². The van der Waals surface area contributed by atoms with Gasteiger partial charge in [-0.05, 0) is 24.3 Å². The van der Waals surface area contributed by atoms with Crippen LogP contribution in [0.15, 0.2) is 12.4 Å². The Bertz CT molecular complexity index is 399. The molecule has 1 heterocycles. The van der Waals surface area contributed by atoms with E-state index < -0.39 is 12.7 Å². The Morgan fingerprint density at radius 2 is 1.64 bits per heavy atom. The number of aromatic nitrogens is 2. The SMILES string of the molecule is CCCCCCCC(CCCC)c1cnn(CC(F)(F)F)c1. The van der Waals surface area contributed by atoms with E-state index >= 15 is 0 Å². The molecule has 128 valence electrons. The summed E-state index contributed by atoms with van der Waals surface area (Å²) < 4.78 is 38.3. The largest absolute Gasteiger partial charge is 0.408 e. The molecule has 0 fully saturated rings. The number of hydrogen-bond acceptors (Lipinski definition) is 1. The molecule has 0 aromatic carbocycles. The quantitative estimate of drug-likeness (QED) is 0.452. The standard InChI is InChI=1S/C17H29F3N2/c1-3-5-7-8-9-11-15(10-6-4-2)16-12-21-22(13-16)14-17(18,19)20/h12-13,15H,3-11,14H2,1-2H3. The molecule has 0 radical (unpaired) electrons. The Kier molecular flexibility index (Phi) is 8.57. The van der Waals surface area contributed by atoms with Crippen LogP contribution in [0.3, 0.4) is 0 Å². The molecule has 0 amide bonds. The topological polar surface area (TPSA) is 17.8 Å². The van der Waals surface area contributed by atoms with Gasteiger partial charge in [-0.15, -0.1) is 0 Å². The zero-order valence-electron chi connectivity index (χ0n) is 13.8. The highest BCUT2D eigenvalue weighted by molar-refractivity contribution is 5.11. The summed E-state index contributed by atoms with van der Waals surface area (Å²) in [6, 6.07) is 0. The van der Waals surface area contributed by atoms with E-state index in [9.17, 15) is 13.2 Å². The van der Waals surface area contributed by atoms with Crippen molar-refractivity contribution in [2.24, 2.45) is 0 Å². The first-order chi connectivity index (χ1) is 10.5. The maximum absolute atomic E-state index is 12.4. The molecule has 0 bridgehead atoms. The maximum atomic E-state index is 12.4. The van der Waals surface area contributed by atoms with Crippen molar-refractivity contribution >= 4 is 0 Å². The highest BCUT2D eigenvalue weighted by Gasteiger charge is 2.28. The Balaban J connectivity index is 2.55. The van der Waals surface area contributed by atoms with Gasteiger partial charge in [-0.1, -0.05) is 58.8 Å². The van der Waals surface area contributed by atoms with E-state index in [-0.39, 0.29) is 0 Å². The van der Waals surface area contributed by atoms with Crippen LogP contribution in [0.4, 0.5) is 13.2 Å². The first-order valence-corrected chi connectivity index (χ1v) is 8.55. The molecule has 1 unspecified atom stereocenters. The number of hydrogen-bond donors (Lipinski definition) is 0. The Hall–Kier alpha value is -1.00. The fourth-order valence-corrected chi connectivity index (χ4v) is 2.78. The molecule has 0 N–H and O–H groups in total. The molecule has 0 aliphatic carbocycles. The van der Waals surface area contributed by atoms with E-state index in [2.05, 4.69) is 18.9 Å². The van der Waals surface area contributed by atoms with Crippen LogP contribution in [0.1, 0.15) is 83.1 Å². The molecule has 0 saturated carbocycles. The Labute approximate surface area is 132 Å². The molecular formula is C17H29F3N2. The molecule has 0 aliphatic heterocycles. The van der Waals surface area contributed by atoms with Gasteiger partial charge in [0, 0.05) is 6.20 Å². The minimum atomic E-state index is -4.21. The van der Waals surface area contributed by atoms with Gasteiger partial charge in [0.05, 0.1) is 6.20 Å². The summed E-state index contributed by atoms with van der Waals surface area (Å²) in [5.41, 5.74) is 0.966. The van der Waals surface area contributed by atoms with Crippen LogP contribution >= 0.6 is 0 Å². The number of unbranched alkanes of at least 4 members (excludes halogenated alkanes) is 5. The maximum Gasteiger partial charge on any atom is 0.408 e. The number of nitrogens with zero attached hydrogens (tertiary/aromatic N) is 2. The van der Waals surface area contributed by atoms with Crippen molar-refractivity contribution in [3.8, 4) is 0 Å². The third-order valence-electron chi connectivity index (χ3n) is 4.03. The second kappa shape index (κ2) is 9.90. The van der Waals surface area contributed by atoms with Crippen molar-refractivity contribution in [3.05, 3.63) is 18.0 Å². The molecule has 5 heteroatoms. The van der Waals surface area contributed by atoms with Gasteiger partial charge >= 0.3 is 6.18 Å². The highest BCUT2D eigenvalue weighted by Crippen LogP contribution is 2.28. The Morgan fingerprint density at radius 3 is 2.27 bits per heavy atom. The van der Waals surface area contributed by atoms with Crippen LogP contribution in [-0.2, 0) is 6.54 Å². The first-order valence-electron chi connectivity index (χ1n) is 8.55. The van der Waals surface area contributed by atoms with Gasteiger partial charge in [-0.3, -0.25) is 4.68 Å². The Morgan fingerprint density at radius 1 is 1.00 bits per heavy atom. The summed E-state index contributed by atoms with van der Waals surface area (Å²) in [7, 11) is 0. The van der Waals surface area contributed by atoms with Gasteiger partial charge < -0.3 is 0 Å². The van der Waals surface area contributed by atoms with Crippen LogP contribution in [0.25, 0.3) is 0 Å². The van der Waals surface area contributed by atoms with Crippen molar-refractivity contribution in [2.45, 2.75) is 90.3 Å². The van der Waals surface area contributed by atoms with Crippen molar-refractivity contribution in [1.29, 1.82) is 0 Å². The van der Waals surface area contributed by atoms with Crippen molar-refractivity contribution in [2.75, 3.05) is 0 Å². The van der Waals surface area contributed by atoms with Crippen LogP contribution < -0.4 is 0 Å². The summed E-state index contributed by atoms with van der Waals surface area (Å²) >= 11 is 0. The molecule has 22 heavy (non-hydrogen) atoms. The number of halogens is 3. The monoisotopic (exact) mass is 318 g/mol. The van der Waals surface area contributed by atoms with E-state index in [1.165, 1.54) is 25.7 Å². The molecular weight excluding hydrogens is 289 g/mol. The fraction of sp³-hybridized carbons (Fsp3) is 0.824. The van der Waals surface area contributed by atoms with Gasteiger partial charge in [0.1, 0.15) is 6.54 Å². The van der Waals surface area contributed by atoms with E-state index in [4.69, 9.17) is 0 Å². The van der Waals surface area contributed by atoms with Crippen LogP contribution in [0.2, 0.25) is 0 Å². The van der Waals surface area contributed by atoms with Crippen molar-refractivity contribution in [3.63, 3.8) is 0 Å². The molecule has 1 atom stereocenters. The molecule has 0 spiro atoms. The van der Waals surface area contributed by atoms with E-state index in [0.29, 0.717) is 5.92 Å². The number of rotatable bonds is 11. The van der Waals surface area contributed by atoms with Gasteiger partial charge in [0.15, 0.2) is 0 Å². The van der Waals surface area contributed by atoms with Crippen LogP contribution in [0.5, 0.6) is 0 Å². The van der Waals surface area contributed by atoms with Crippen molar-refractivity contribution in [1.82, 2.24) is 9.78 Å². The van der Waals surface area contributed by atoms with Gasteiger partial charge in [0.2, 0.25) is 0 Å². The second-order valence-corrected chi connectivity index (χ2v) is 6.13. The average Bonchev–Trinajstić information content (AvgIpc) is 2.88. The van der Waals surface area contributed by atoms with Gasteiger partial charge in [0.25, 0.3) is 0 Å². The first kappa shape index (κ1) is 19.0. The van der Waals surface area contributed by atoms with Gasteiger partial charge in [-0.25, -0.2) is 0 Å². The summed E-state index contributed by atoms with van der Waals surface area (Å²) in [4.78, 5) is 0. The minimum absolute atomic E-state index is 0.351. The lowest BCUT2D eigenvalue weighted by molar-refractivity contribution is -0.142. The molecule has 1 aromatic heterocycles. The second-order valence-electron chi connectivity index (χ2n) is 6.13. The zero-order valence-corrected chi connectivity index (χ0v) is 13.8. The third kappa shape index (κ3) is 7.85. The lowest BCUT2D eigenvalue weighted by Crippen LogP contribution is -2.17. The number of alkyl halides is 3. The minimum Gasteiger partial charge on any atom is -0.263 e. The summed E-state index contributed by atoms with van der Waals surface area (Å²) in [6.45, 7) is 3.34. The molecule has 1 rings (SSSR count). The lowest BCUT2D eigenvalue weighted by Gasteiger charge is -2.15. The van der Waals surface area contributed by atoms with E-state index in [1.807, 2.05) is 0 Å². The van der Waals surface area contributed by atoms with E-state index in [1.54, 1.807) is 12.4 Å². The summed E-state index contributed by atoms with van der Waals surface area (Å²) in [5.74, 6) is 0.351. The molecule has 2 nitrogen and oxygen atoms in total. The van der Waals surface area contributed by atoms with Crippen molar-refractivity contribution < 1.29 is 13.2 Å². The summed E-state index contributed by atoms with van der Waals surface area (Å²) in [6.07, 6.45) is 9.44. The normalized spacial score (nSPS) is 13.5. The van der Waals surface area contributed by atoms with Crippen LogP contribution in [0, 0.1) is 0 Å². The summed E-state index contributed by atoms with van der Waals surface area (Å²) in [5, 5.41) is 3.88. The molecule has 0 saturated heterocycles. The predicted octanol–water partition coefficient (Wildman–Crippen LogP) is 6.08. The lowest BCUT2D eigenvalue weighted by atomic mass is 9.90. The highest BCUT2D eigenvalue weighted by atomic mass is 19.4. The molecule has 0 aliphatic rings.